The first-order valence-corrected chi connectivity index (χ1v) is 4.37. The number of nitrogens with one attached hydrogen (secondary N) is 1. The predicted molar refractivity (Wildman–Crippen MR) is 46.3 cm³/mol. The number of ether oxygens (including phenoxy) is 1. The van der Waals surface area contributed by atoms with Crippen LogP contribution in [0.25, 0.3) is 0 Å². The van der Waals surface area contributed by atoms with Crippen LogP contribution in [0.15, 0.2) is 0 Å². The van der Waals surface area contributed by atoms with Gasteiger partial charge in [0.05, 0.1) is 12.7 Å². The zero-order chi connectivity index (χ0) is 10.3. The Kier molecular flexibility index (Phi) is 6.48. The molecule has 0 aromatic heterocycles. The zero-order valence-electron chi connectivity index (χ0n) is 7.99. The number of esters is 1. The molecule has 0 saturated heterocycles. The Hall–Kier alpha value is -0.650. The molecule has 0 saturated carbocycles. The molecule has 5 heteroatoms. The third-order valence-electron chi connectivity index (χ3n) is 1.62. The lowest BCUT2D eigenvalue weighted by Crippen LogP contribution is -2.44. The van der Waals surface area contributed by atoms with Crippen LogP contribution >= 0.6 is 0 Å². The maximum absolute atomic E-state index is 11.1. The van der Waals surface area contributed by atoms with Crippen molar-refractivity contribution in [3.8, 4) is 0 Å². The molecule has 0 aromatic rings. The second-order valence-corrected chi connectivity index (χ2v) is 2.87. The summed E-state index contributed by atoms with van der Waals surface area (Å²) >= 11 is 0. The normalized spacial score (nSPS) is 15.1. The second-order valence-electron chi connectivity index (χ2n) is 2.87. The van der Waals surface area contributed by atoms with Crippen LogP contribution in [0.1, 0.15) is 26.7 Å². The van der Waals surface area contributed by atoms with E-state index >= 15 is 0 Å². The largest absolute Gasteiger partial charge is 0.464 e. The summed E-state index contributed by atoms with van der Waals surface area (Å²) in [5, 5.41) is 17.5. The average molecular weight is 191 g/mol. The number of hydrogen-bond acceptors (Lipinski definition) is 5. The van der Waals surface area contributed by atoms with Crippen molar-refractivity contribution in [1.82, 2.24) is 5.48 Å². The third-order valence-corrected chi connectivity index (χ3v) is 1.62. The summed E-state index contributed by atoms with van der Waals surface area (Å²) in [7, 11) is 0. The molecular formula is C8H17NO4. The molecule has 78 valence electrons. The summed E-state index contributed by atoms with van der Waals surface area (Å²) in [5.74, 6) is -0.633. The number of carbonyl (C=O) groups is 1. The Morgan fingerprint density at radius 1 is 1.62 bits per heavy atom. The van der Waals surface area contributed by atoms with Crippen LogP contribution in [0.4, 0.5) is 0 Å². The summed E-state index contributed by atoms with van der Waals surface area (Å²) in [6.07, 6.45) is 0.738. The Balaban J connectivity index is 3.78. The van der Waals surface area contributed by atoms with Gasteiger partial charge in [-0.05, 0) is 13.3 Å². The smallest absolute Gasteiger partial charge is 0.328 e. The maximum atomic E-state index is 11.1. The summed E-state index contributed by atoms with van der Waals surface area (Å²) in [6, 6.07) is -1.06. The lowest BCUT2D eigenvalue weighted by molar-refractivity contribution is -0.152. The monoisotopic (exact) mass is 191 g/mol. The summed E-state index contributed by atoms with van der Waals surface area (Å²) in [5.41, 5.74) is 1.70. The number of rotatable bonds is 6. The minimum Gasteiger partial charge on any atom is -0.464 e. The van der Waals surface area contributed by atoms with Gasteiger partial charge in [-0.1, -0.05) is 13.3 Å². The number of hydrogen-bond donors (Lipinski definition) is 3. The molecule has 2 unspecified atom stereocenters. The Morgan fingerprint density at radius 2 is 2.23 bits per heavy atom. The number of aliphatic hydroxyl groups is 1. The highest BCUT2D eigenvalue weighted by Gasteiger charge is 2.23. The van der Waals surface area contributed by atoms with Crippen molar-refractivity contribution in [1.29, 1.82) is 0 Å². The molecule has 3 N–H and O–H groups in total. The van der Waals surface area contributed by atoms with E-state index < -0.39 is 18.1 Å². The Morgan fingerprint density at radius 3 is 2.62 bits per heavy atom. The van der Waals surface area contributed by atoms with Crippen LogP contribution in [0, 0.1) is 0 Å². The standard InChI is InChI=1S/C8H17NO4/c1-3-4-5-13-8(11)7(9-12)6(2)10/h6-7,9-10,12H,3-5H2,1-2H3. The molecule has 0 aliphatic carbocycles. The molecule has 0 radical (unpaired) electrons. The first-order chi connectivity index (χ1) is 6.13. The minimum atomic E-state index is -1.06. The van der Waals surface area contributed by atoms with Crippen LogP contribution in [-0.4, -0.2) is 35.0 Å². The topological polar surface area (TPSA) is 78.8 Å². The van der Waals surface area contributed by atoms with Crippen molar-refractivity contribution in [3.63, 3.8) is 0 Å². The van der Waals surface area contributed by atoms with Crippen LogP contribution in [0.3, 0.4) is 0 Å². The van der Waals surface area contributed by atoms with Crippen LogP contribution in [-0.2, 0) is 9.53 Å². The maximum Gasteiger partial charge on any atom is 0.328 e. The van der Waals surface area contributed by atoms with E-state index in [0.717, 1.165) is 12.8 Å². The predicted octanol–water partition coefficient (Wildman–Crippen LogP) is 0.0579. The molecular weight excluding hydrogens is 174 g/mol. The van der Waals surface area contributed by atoms with Gasteiger partial charge in [0.2, 0.25) is 0 Å². The van der Waals surface area contributed by atoms with Gasteiger partial charge in [0.15, 0.2) is 6.04 Å². The number of carbonyl (C=O) groups excluding carboxylic acids is 1. The Bertz CT molecular complexity index is 149. The number of unbranched alkanes of at least 4 members (excludes halogenated alkanes) is 1. The summed E-state index contributed by atoms with van der Waals surface area (Å²) < 4.78 is 4.78. The van der Waals surface area contributed by atoms with E-state index in [9.17, 15) is 4.79 Å². The van der Waals surface area contributed by atoms with E-state index in [-0.39, 0.29) is 0 Å². The summed E-state index contributed by atoms with van der Waals surface area (Å²) in [6.45, 7) is 3.69. The van der Waals surface area contributed by atoms with Crippen LogP contribution < -0.4 is 5.48 Å². The van der Waals surface area contributed by atoms with Gasteiger partial charge < -0.3 is 15.1 Å². The molecule has 0 aromatic carbocycles. The van der Waals surface area contributed by atoms with E-state index in [1.165, 1.54) is 6.92 Å². The first kappa shape index (κ1) is 12.3. The number of aliphatic hydroxyl groups excluding tert-OH is 1. The van der Waals surface area contributed by atoms with Crippen molar-refractivity contribution >= 4 is 5.97 Å². The highest BCUT2D eigenvalue weighted by molar-refractivity contribution is 5.76. The highest BCUT2D eigenvalue weighted by atomic mass is 16.5. The molecule has 0 spiro atoms. The van der Waals surface area contributed by atoms with E-state index in [1.807, 2.05) is 6.92 Å². The molecule has 0 bridgehead atoms. The molecule has 0 amide bonds. The Labute approximate surface area is 77.7 Å². The van der Waals surface area contributed by atoms with Gasteiger partial charge >= 0.3 is 5.97 Å². The van der Waals surface area contributed by atoms with Crippen LogP contribution in [0.5, 0.6) is 0 Å². The van der Waals surface area contributed by atoms with Gasteiger partial charge in [0.25, 0.3) is 0 Å². The SMILES string of the molecule is CCCCOC(=O)C(NO)C(C)O. The third kappa shape index (κ3) is 4.82. The second kappa shape index (κ2) is 6.82. The van der Waals surface area contributed by atoms with Crippen molar-refractivity contribution < 1.29 is 19.8 Å². The van der Waals surface area contributed by atoms with Gasteiger partial charge in [-0.2, -0.15) is 5.48 Å². The van der Waals surface area contributed by atoms with Crippen molar-refractivity contribution in [2.75, 3.05) is 6.61 Å². The minimum absolute atomic E-state index is 0.320. The number of hydroxylamine groups is 1. The average Bonchev–Trinajstić information content (AvgIpc) is 2.05. The van der Waals surface area contributed by atoms with Crippen LogP contribution in [0.2, 0.25) is 0 Å². The van der Waals surface area contributed by atoms with Crippen molar-refractivity contribution in [2.45, 2.75) is 38.8 Å². The molecule has 0 aliphatic heterocycles. The van der Waals surface area contributed by atoms with E-state index in [0.29, 0.717) is 6.61 Å². The molecule has 0 aliphatic rings. The lowest BCUT2D eigenvalue weighted by atomic mass is 10.2. The fourth-order valence-electron chi connectivity index (χ4n) is 0.764. The van der Waals surface area contributed by atoms with Gasteiger partial charge in [0.1, 0.15) is 0 Å². The highest BCUT2D eigenvalue weighted by Crippen LogP contribution is 1.97. The van der Waals surface area contributed by atoms with Gasteiger partial charge in [-0.3, -0.25) is 4.79 Å². The fourth-order valence-corrected chi connectivity index (χ4v) is 0.764. The molecule has 2 atom stereocenters. The molecule has 0 rings (SSSR count). The zero-order valence-corrected chi connectivity index (χ0v) is 7.99. The van der Waals surface area contributed by atoms with Gasteiger partial charge in [-0.25, -0.2) is 0 Å². The fraction of sp³-hybridized carbons (Fsp3) is 0.875. The molecule has 0 fully saturated rings. The molecule has 13 heavy (non-hydrogen) atoms. The molecule has 5 nitrogen and oxygen atoms in total. The van der Waals surface area contributed by atoms with Gasteiger partial charge in [0, 0.05) is 0 Å². The van der Waals surface area contributed by atoms with Crippen molar-refractivity contribution in [2.24, 2.45) is 0 Å². The van der Waals surface area contributed by atoms with E-state index in [1.54, 1.807) is 5.48 Å². The first-order valence-electron chi connectivity index (χ1n) is 4.37. The lowest BCUT2D eigenvalue weighted by Gasteiger charge is -2.16. The van der Waals surface area contributed by atoms with E-state index in [2.05, 4.69) is 0 Å². The van der Waals surface area contributed by atoms with Crippen molar-refractivity contribution in [3.05, 3.63) is 0 Å². The summed E-state index contributed by atoms with van der Waals surface area (Å²) in [4.78, 5) is 11.1. The molecule has 0 heterocycles. The quantitative estimate of drug-likeness (QED) is 0.314. The van der Waals surface area contributed by atoms with Gasteiger partial charge in [-0.15, -0.1) is 0 Å². The van der Waals surface area contributed by atoms with E-state index in [4.69, 9.17) is 15.1 Å².